The first-order chi connectivity index (χ1) is 10.7. The smallest absolute Gasteiger partial charge is 0.268 e. The van der Waals surface area contributed by atoms with Gasteiger partial charge in [0.1, 0.15) is 5.69 Å². The molecular weight excluding hydrogens is 292 g/mol. The first kappa shape index (κ1) is 13.6. The summed E-state index contributed by atoms with van der Waals surface area (Å²) < 4.78 is 3.34. The van der Waals surface area contributed by atoms with Crippen molar-refractivity contribution in [3.8, 4) is 0 Å². The van der Waals surface area contributed by atoms with E-state index in [1.54, 1.807) is 11.3 Å². The highest BCUT2D eigenvalue weighted by Gasteiger charge is 2.27. The molecule has 2 aromatic heterocycles. The van der Waals surface area contributed by atoms with Gasteiger partial charge in [0.25, 0.3) is 5.91 Å². The highest BCUT2D eigenvalue weighted by atomic mass is 32.1. The Kier molecular flexibility index (Phi) is 3.26. The molecule has 1 fully saturated rings. The number of thiophene rings is 1. The fraction of sp³-hybridized carbons (Fsp3) is 0.278. The third kappa shape index (κ3) is 2.33. The van der Waals surface area contributed by atoms with Gasteiger partial charge in [0, 0.05) is 6.04 Å². The lowest BCUT2D eigenvalue weighted by Gasteiger charge is -2.18. The quantitative estimate of drug-likeness (QED) is 0.770. The monoisotopic (exact) mass is 310 g/mol. The van der Waals surface area contributed by atoms with Crippen LogP contribution in [0.2, 0.25) is 0 Å². The van der Waals surface area contributed by atoms with Crippen LogP contribution >= 0.6 is 11.3 Å². The summed E-state index contributed by atoms with van der Waals surface area (Å²) in [6, 6.07) is 15.0. The molecule has 112 valence electrons. The average Bonchev–Trinajstić information content (AvgIpc) is 3.10. The van der Waals surface area contributed by atoms with E-state index in [0.717, 1.165) is 24.1 Å². The lowest BCUT2D eigenvalue weighted by Crippen LogP contribution is -2.28. The van der Waals surface area contributed by atoms with Crippen molar-refractivity contribution in [3.05, 3.63) is 59.1 Å². The van der Waals surface area contributed by atoms with E-state index in [1.807, 2.05) is 24.3 Å². The topological polar surface area (TPSA) is 34.0 Å². The highest BCUT2D eigenvalue weighted by molar-refractivity contribution is 7.17. The summed E-state index contributed by atoms with van der Waals surface area (Å²) >= 11 is 1.69. The number of aromatic nitrogens is 1. The highest BCUT2D eigenvalue weighted by Crippen LogP contribution is 2.31. The van der Waals surface area contributed by atoms with Crippen molar-refractivity contribution in [1.82, 2.24) is 9.88 Å². The van der Waals surface area contributed by atoms with Crippen molar-refractivity contribution in [2.24, 2.45) is 0 Å². The maximum Gasteiger partial charge on any atom is 0.268 e. The standard InChI is InChI=1S/C18H18N2OS/c1-12(13-5-3-2-4-6-13)20-15-9-10-22-17(15)11-16(20)18(21)19-14-7-8-14/h2-6,9-12,14H,7-8H2,1H3,(H,19,21)/t12-/m1/s1. The first-order valence-electron chi connectivity index (χ1n) is 7.68. The van der Waals surface area contributed by atoms with Crippen molar-refractivity contribution in [3.63, 3.8) is 0 Å². The van der Waals surface area contributed by atoms with Gasteiger partial charge in [0.2, 0.25) is 0 Å². The molecule has 1 N–H and O–H groups in total. The van der Waals surface area contributed by atoms with Crippen LogP contribution in [0.5, 0.6) is 0 Å². The van der Waals surface area contributed by atoms with Crippen LogP contribution in [0.25, 0.3) is 10.2 Å². The van der Waals surface area contributed by atoms with E-state index in [2.05, 4.69) is 40.4 Å². The number of carbonyl (C=O) groups excluding carboxylic acids is 1. The number of hydrogen-bond acceptors (Lipinski definition) is 2. The Morgan fingerprint density at radius 1 is 1.27 bits per heavy atom. The Morgan fingerprint density at radius 2 is 2.05 bits per heavy atom. The number of rotatable bonds is 4. The van der Waals surface area contributed by atoms with Crippen LogP contribution in [0.4, 0.5) is 0 Å². The van der Waals surface area contributed by atoms with Crippen LogP contribution < -0.4 is 5.32 Å². The zero-order valence-electron chi connectivity index (χ0n) is 12.5. The van der Waals surface area contributed by atoms with E-state index in [9.17, 15) is 4.79 Å². The summed E-state index contributed by atoms with van der Waals surface area (Å²) in [5.74, 6) is 0.0497. The molecule has 0 bridgehead atoms. The van der Waals surface area contributed by atoms with E-state index in [0.29, 0.717) is 6.04 Å². The van der Waals surface area contributed by atoms with Crippen molar-refractivity contribution in [2.45, 2.75) is 31.8 Å². The summed E-state index contributed by atoms with van der Waals surface area (Å²) in [6.07, 6.45) is 2.21. The molecule has 3 nitrogen and oxygen atoms in total. The minimum absolute atomic E-state index is 0.0497. The van der Waals surface area contributed by atoms with Gasteiger partial charge in [-0.1, -0.05) is 30.3 Å². The number of fused-ring (bicyclic) bond motifs is 1. The zero-order valence-corrected chi connectivity index (χ0v) is 13.3. The molecule has 0 unspecified atom stereocenters. The molecule has 3 aromatic rings. The summed E-state index contributed by atoms with van der Waals surface area (Å²) in [7, 11) is 0. The van der Waals surface area contributed by atoms with Crippen LogP contribution in [0.1, 0.15) is 41.9 Å². The Labute approximate surface area is 133 Å². The molecule has 1 atom stereocenters. The molecule has 0 radical (unpaired) electrons. The van der Waals surface area contributed by atoms with Gasteiger partial charge in [-0.3, -0.25) is 4.79 Å². The number of hydrogen-bond donors (Lipinski definition) is 1. The normalized spacial score (nSPS) is 15.9. The van der Waals surface area contributed by atoms with Crippen LogP contribution in [0.15, 0.2) is 47.8 Å². The number of benzene rings is 1. The Hall–Kier alpha value is -2.07. The molecule has 1 aliphatic carbocycles. The zero-order chi connectivity index (χ0) is 15.1. The predicted molar refractivity (Wildman–Crippen MR) is 90.6 cm³/mol. The van der Waals surface area contributed by atoms with E-state index in [1.165, 1.54) is 10.3 Å². The molecule has 0 aliphatic heterocycles. The summed E-state index contributed by atoms with van der Waals surface area (Å²) in [5.41, 5.74) is 3.12. The molecular formula is C18H18N2OS. The number of nitrogens with zero attached hydrogens (tertiary/aromatic N) is 1. The maximum atomic E-state index is 12.6. The minimum Gasteiger partial charge on any atom is -0.348 e. The van der Waals surface area contributed by atoms with Gasteiger partial charge in [0.15, 0.2) is 0 Å². The van der Waals surface area contributed by atoms with Gasteiger partial charge < -0.3 is 9.88 Å². The van der Waals surface area contributed by atoms with Crippen molar-refractivity contribution < 1.29 is 4.79 Å². The van der Waals surface area contributed by atoms with Crippen molar-refractivity contribution in [1.29, 1.82) is 0 Å². The lowest BCUT2D eigenvalue weighted by atomic mass is 10.1. The number of amides is 1. The Balaban J connectivity index is 1.79. The molecule has 1 amide bonds. The summed E-state index contributed by atoms with van der Waals surface area (Å²) in [5, 5.41) is 5.20. The van der Waals surface area contributed by atoms with Gasteiger partial charge in [-0.2, -0.15) is 0 Å². The third-order valence-electron chi connectivity index (χ3n) is 4.27. The second-order valence-corrected chi connectivity index (χ2v) is 6.85. The van der Waals surface area contributed by atoms with Crippen LogP contribution in [-0.4, -0.2) is 16.5 Å². The molecule has 0 saturated heterocycles. The van der Waals surface area contributed by atoms with E-state index >= 15 is 0 Å². The van der Waals surface area contributed by atoms with E-state index < -0.39 is 0 Å². The van der Waals surface area contributed by atoms with E-state index in [4.69, 9.17) is 0 Å². The van der Waals surface area contributed by atoms with Gasteiger partial charge >= 0.3 is 0 Å². The second kappa shape index (κ2) is 5.29. The molecule has 4 heteroatoms. The van der Waals surface area contributed by atoms with Crippen molar-refractivity contribution >= 4 is 27.5 Å². The fourth-order valence-electron chi connectivity index (χ4n) is 2.90. The van der Waals surface area contributed by atoms with Crippen LogP contribution in [0.3, 0.4) is 0 Å². The van der Waals surface area contributed by atoms with Gasteiger partial charge in [-0.05, 0) is 42.8 Å². The minimum atomic E-state index is 0.0497. The summed E-state index contributed by atoms with van der Waals surface area (Å²) in [6.45, 7) is 2.15. The third-order valence-corrected chi connectivity index (χ3v) is 5.13. The largest absolute Gasteiger partial charge is 0.348 e. The lowest BCUT2D eigenvalue weighted by molar-refractivity contribution is 0.0941. The molecule has 1 aliphatic rings. The van der Waals surface area contributed by atoms with Crippen LogP contribution in [-0.2, 0) is 0 Å². The molecule has 22 heavy (non-hydrogen) atoms. The average molecular weight is 310 g/mol. The summed E-state index contributed by atoms with van der Waals surface area (Å²) in [4.78, 5) is 12.6. The molecule has 1 saturated carbocycles. The second-order valence-electron chi connectivity index (χ2n) is 5.90. The SMILES string of the molecule is C[C@H](c1ccccc1)n1c(C(=O)NC2CC2)cc2sccc21. The number of carbonyl (C=O) groups is 1. The van der Waals surface area contributed by atoms with Gasteiger partial charge in [-0.15, -0.1) is 11.3 Å². The van der Waals surface area contributed by atoms with Crippen molar-refractivity contribution in [2.75, 3.05) is 0 Å². The predicted octanol–water partition coefficient (Wildman–Crippen LogP) is 4.20. The number of nitrogens with one attached hydrogen (secondary N) is 1. The molecule has 2 heterocycles. The van der Waals surface area contributed by atoms with Crippen LogP contribution in [0, 0.1) is 0 Å². The molecule has 0 spiro atoms. The Morgan fingerprint density at radius 3 is 2.77 bits per heavy atom. The Bertz CT molecular complexity index is 814. The van der Waals surface area contributed by atoms with Gasteiger partial charge in [0.05, 0.1) is 16.3 Å². The van der Waals surface area contributed by atoms with E-state index in [-0.39, 0.29) is 11.9 Å². The molecule has 4 rings (SSSR count). The maximum absolute atomic E-state index is 12.6. The molecule has 1 aromatic carbocycles. The first-order valence-corrected chi connectivity index (χ1v) is 8.56. The van der Waals surface area contributed by atoms with Gasteiger partial charge in [-0.25, -0.2) is 0 Å². The fourth-order valence-corrected chi connectivity index (χ4v) is 3.71.